The third kappa shape index (κ3) is 11.8. The van der Waals surface area contributed by atoms with Gasteiger partial charge in [0.1, 0.15) is 41.6 Å². The van der Waals surface area contributed by atoms with Crippen molar-refractivity contribution >= 4 is 69.9 Å². The monoisotopic (exact) mass is 964 g/mol. The standard InChI is InChI=1S/C44H32ClF7N10O6/c45-31-9-5-24(14-29(31)43(47,48)49)58-41(65)57-23-7-12-34(68-38-18-36(54-20-56-38)62-40(64)22-3-4-22)28(13-23)27-16-26(67-37-17-35(53-19-55-37)61-39(63)21-1-2-21)8-11-33(27)60-42(66)59-25-6-10-32(46)30(15-25)44(50,51)52/h5-22H,1-4H2,(H2,57,58,65)(H2,59,60,66)(H,53,55,61,63)(H,54,56,62,64). The number of carbonyl (C=O) groups is 4. The first-order chi connectivity index (χ1) is 32.3. The van der Waals surface area contributed by atoms with E-state index in [1.807, 2.05) is 0 Å². The van der Waals surface area contributed by atoms with E-state index in [9.17, 15) is 49.9 Å². The summed E-state index contributed by atoms with van der Waals surface area (Å²) in [5.74, 6) is -2.32. The smallest absolute Gasteiger partial charge is 0.419 e. The molecular weight excluding hydrogens is 933 g/mol. The largest absolute Gasteiger partial charge is 0.439 e. The fraction of sp³-hybridized carbons (Fsp3) is 0.182. The number of nitrogens with zero attached hydrogens (tertiary/aromatic N) is 4. The van der Waals surface area contributed by atoms with Crippen LogP contribution in [0, 0.1) is 17.7 Å². The Balaban J connectivity index is 1.17. The van der Waals surface area contributed by atoms with Crippen molar-refractivity contribution in [2.45, 2.75) is 38.0 Å². The number of urea groups is 2. The van der Waals surface area contributed by atoms with E-state index in [0.29, 0.717) is 31.0 Å². The summed E-state index contributed by atoms with van der Waals surface area (Å²) in [4.78, 5) is 68.1. The molecule has 2 aliphatic rings. The van der Waals surface area contributed by atoms with E-state index < -0.39 is 52.1 Å². The molecule has 2 saturated carbocycles. The van der Waals surface area contributed by atoms with Crippen LogP contribution >= 0.6 is 11.6 Å². The average Bonchev–Trinajstić information content (AvgIpc) is 4.20. The molecule has 2 aromatic heterocycles. The molecule has 0 saturated heterocycles. The van der Waals surface area contributed by atoms with Crippen molar-refractivity contribution in [2.24, 2.45) is 11.8 Å². The van der Waals surface area contributed by atoms with Gasteiger partial charge in [0.05, 0.1) is 21.8 Å². The molecule has 6 N–H and O–H groups in total. The fourth-order valence-electron chi connectivity index (χ4n) is 6.35. The molecule has 0 radical (unpaired) electrons. The Morgan fingerprint density at radius 1 is 0.544 bits per heavy atom. The maximum atomic E-state index is 14.1. The molecular formula is C44H32ClF7N10O6. The molecule has 4 aromatic carbocycles. The Labute approximate surface area is 384 Å². The first kappa shape index (κ1) is 46.4. The van der Waals surface area contributed by atoms with Crippen LogP contribution in [0.2, 0.25) is 5.02 Å². The number of carbonyl (C=O) groups excluding carboxylic acids is 4. The van der Waals surface area contributed by atoms with Crippen LogP contribution in [0.25, 0.3) is 11.1 Å². The third-order valence-corrected chi connectivity index (χ3v) is 10.3. The lowest BCUT2D eigenvalue weighted by atomic mass is 10.0. The molecule has 16 nitrogen and oxygen atoms in total. The number of halogens is 8. The van der Waals surface area contributed by atoms with Crippen LogP contribution in [0.3, 0.4) is 0 Å². The Morgan fingerprint density at radius 3 is 1.63 bits per heavy atom. The van der Waals surface area contributed by atoms with E-state index in [2.05, 4.69) is 51.8 Å². The molecule has 6 amide bonds. The van der Waals surface area contributed by atoms with Crippen molar-refractivity contribution < 1.29 is 59.4 Å². The predicted octanol–water partition coefficient (Wildman–Crippen LogP) is 11.3. The summed E-state index contributed by atoms with van der Waals surface area (Å²) in [7, 11) is 0. The van der Waals surface area contributed by atoms with Crippen molar-refractivity contribution in [3.8, 4) is 34.4 Å². The highest BCUT2D eigenvalue weighted by molar-refractivity contribution is 6.31. The number of rotatable bonds is 13. The van der Waals surface area contributed by atoms with Crippen LogP contribution in [-0.4, -0.2) is 43.8 Å². The summed E-state index contributed by atoms with van der Waals surface area (Å²) in [5, 5.41) is 14.4. The van der Waals surface area contributed by atoms with E-state index in [0.717, 1.165) is 43.7 Å². The van der Waals surface area contributed by atoms with Crippen LogP contribution in [0.1, 0.15) is 36.8 Å². The summed E-state index contributed by atoms with van der Waals surface area (Å²) < 4.78 is 108. The summed E-state index contributed by atoms with van der Waals surface area (Å²) in [6.07, 6.45) is -4.79. The molecule has 2 fully saturated rings. The topological polar surface area (TPSA) is 210 Å². The van der Waals surface area contributed by atoms with Gasteiger partial charge in [0.25, 0.3) is 0 Å². The highest BCUT2D eigenvalue weighted by atomic mass is 35.5. The minimum absolute atomic E-state index is 0.00510. The van der Waals surface area contributed by atoms with Gasteiger partial charge in [-0.05, 0) is 98.5 Å². The molecule has 350 valence electrons. The number of nitrogens with one attached hydrogen (secondary N) is 6. The van der Waals surface area contributed by atoms with Gasteiger partial charge >= 0.3 is 24.4 Å². The molecule has 68 heavy (non-hydrogen) atoms. The van der Waals surface area contributed by atoms with Crippen LogP contribution in [0.4, 0.5) is 74.7 Å². The number of hydrogen-bond donors (Lipinski definition) is 6. The van der Waals surface area contributed by atoms with Gasteiger partial charge in [-0.15, -0.1) is 0 Å². The number of aromatic nitrogens is 4. The van der Waals surface area contributed by atoms with Gasteiger partial charge in [-0.3, -0.25) is 9.59 Å². The Morgan fingerprint density at radius 2 is 1.06 bits per heavy atom. The maximum absolute atomic E-state index is 14.1. The second-order valence-electron chi connectivity index (χ2n) is 15.2. The van der Waals surface area contributed by atoms with Crippen molar-refractivity contribution in [3.63, 3.8) is 0 Å². The molecule has 0 atom stereocenters. The number of anilines is 6. The van der Waals surface area contributed by atoms with Gasteiger partial charge < -0.3 is 41.4 Å². The zero-order chi connectivity index (χ0) is 48.3. The lowest BCUT2D eigenvalue weighted by Crippen LogP contribution is -2.21. The quantitative estimate of drug-likeness (QED) is 0.0603. The van der Waals surface area contributed by atoms with Gasteiger partial charge in [-0.25, -0.2) is 33.9 Å². The Bertz CT molecular complexity index is 2950. The van der Waals surface area contributed by atoms with Crippen molar-refractivity contribution in [3.05, 3.63) is 120 Å². The normalized spacial score (nSPS) is 13.5. The van der Waals surface area contributed by atoms with E-state index in [1.54, 1.807) is 0 Å². The molecule has 0 bridgehead atoms. The minimum atomic E-state index is -5.09. The van der Waals surface area contributed by atoms with Gasteiger partial charge in [0.2, 0.25) is 23.6 Å². The summed E-state index contributed by atoms with van der Waals surface area (Å²) in [6, 6.07) is 13.3. The maximum Gasteiger partial charge on any atom is 0.419 e. The molecule has 6 aromatic rings. The number of benzene rings is 4. The number of hydrogen-bond acceptors (Lipinski definition) is 10. The lowest BCUT2D eigenvalue weighted by molar-refractivity contribution is -0.140. The van der Waals surface area contributed by atoms with Crippen LogP contribution in [-0.2, 0) is 21.9 Å². The van der Waals surface area contributed by atoms with E-state index in [4.69, 9.17) is 21.1 Å². The molecule has 0 spiro atoms. The molecule has 2 heterocycles. The highest BCUT2D eigenvalue weighted by Gasteiger charge is 2.35. The zero-order valence-electron chi connectivity index (χ0n) is 34.5. The second kappa shape index (κ2) is 19.0. The Kier molecular flexibility index (Phi) is 13.0. The zero-order valence-corrected chi connectivity index (χ0v) is 35.2. The molecule has 24 heteroatoms. The molecule has 2 aliphatic carbocycles. The van der Waals surface area contributed by atoms with E-state index in [-0.39, 0.29) is 86.7 Å². The first-order valence-corrected chi connectivity index (χ1v) is 20.5. The molecule has 0 unspecified atom stereocenters. The first-order valence-electron chi connectivity index (χ1n) is 20.1. The number of ether oxygens (including phenoxy) is 2. The summed E-state index contributed by atoms with van der Waals surface area (Å²) in [5.41, 5.74) is -3.53. The van der Waals surface area contributed by atoms with Crippen molar-refractivity contribution in [2.75, 3.05) is 31.9 Å². The number of amides is 6. The summed E-state index contributed by atoms with van der Waals surface area (Å²) >= 11 is 5.75. The molecule has 0 aliphatic heterocycles. The second-order valence-corrected chi connectivity index (χ2v) is 15.6. The van der Waals surface area contributed by atoms with Gasteiger partial charge in [-0.1, -0.05) is 11.6 Å². The van der Waals surface area contributed by atoms with E-state index in [1.165, 1.54) is 48.5 Å². The predicted molar refractivity (Wildman–Crippen MR) is 232 cm³/mol. The van der Waals surface area contributed by atoms with Crippen molar-refractivity contribution in [1.82, 2.24) is 19.9 Å². The summed E-state index contributed by atoms with van der Waals surface area (Å²) in [6.45, 7) is 0. The van der Waals surface area contributed by atoms with E-state index >= 15 is 0 Å². The Hall–Kier alpha value is -8.08. The minimum Gasteiger partial charge on any atom is -0.439 e. The van der Waals surface area contributed by atoms with Gasteiger partial charge in [0, 0.05) is 52.2 Å². The SMILES string of the molecule is O=C(Nc1ccc(Oc2cc(NC(=O)C3CC3)ncn2)c(-c2cc(Oc3cc(NC(=O)C4CC4)ncn3)ccc2NC(=O)Nc2ccc(F)c(C(F)(F)F)c2)c1)Nc1ccc(Cl)c(C(F)(F)F)c1. The van der Waals surface area contributed by atoms with Crippen LogP contribution < -0.4 is 41.4 Å². The highest BCUT2D eigenvalue weighted by Crippen LogP contribution is 2.43. The van der Waals surface area contributed by atoms with Crippen LogP contribution in [0.5, 0.6) is 23.3 Å². The van der Waals surface area contributed by atoms with Gasteiger partial charge in [0.15, 0.2) is 0 Å². The van der Waals surface area contributed by atoms with Crippen LogP contribution in [0.15, 0.2) is 97.6 Å². The van der Waals surface area contributed by atoms with Crippen molar-refractivity contribution in [1.29, 1.82) is 0 Å². The van der Waals surface area contributed by atoms with Gasteiger partial charge in [-0.2, -0.15) is 26.3 Å². The molecule has 8 rings (SSSR count). The fourth-order valence-corrected chi connectivity index (χ4v) is 6.58. The lowest BCUT2D eigenvalue weighted by Gasteiger charge is -2.19. The number of alkyl halides is 6. The average molecular weight is 965 g/mol. The third-order valence-electron chi connectivity index (χ3n) is 9.95.